The largest absolute Gasteiger partial charge is 0.478 e. The fourth-order valence-electron chi connectivity index (χ4n) is 2.35. The van der Waals surface area contributed by atoms with Gasteiger partial charge < -0.3 is 20.2 Å². The topological polar surface area (TPSA) is 109 Å². The highest BCUT2D eigenvalue weighted by Crippen LogP contribution is 2.20. The van der Waals surface area contributed by atoms with E-state index in [2.05, 4.69) is 10.6 Å². The molecule has 7 heteroatoms. The van der Waals surface area contributed by atoms with Crippen molar-refractivity contribution in [2.45, 2.75) is 0 Å². The zero-order chi connectivity index (χ0) is 18.5. The van der Waals surface area contributed by atoms with Gasteiger partial charge in [-0.2, -0.15) is 0 Å². The molecule has 0 radical (unpaired) electrons. The third-order valence-corrected chi connectivity index (χ3v) is 3.57. The van der Waals surface area contributed by atoms with Gasteiger partial charge in [0.2, 0.25) is 0 Å². The molecule has 130 valence electrons. The number of carbonyl (C=O) groups is 3. The molecule has 1 heterocycles. The molecular formula is C19H14N2O5. The number of hydrogen-bond donors (Lipinski definition) is 3. The van der Waals surface area contributed by atoms with Crippen molar-refractivity contribution in [1.82, 2.24) is 0 Å². The smallest absolute Gasteiger partial charge is 0.337 e. The van der Waals surface area contributed by atoms with Crippen molar-refractivity contribution in [1.29, 1.82) is 0 Å². The molecule has 0 spiro atoms. The summed E-state index contributed by atoms with van der Waals surface area (Å²) in [7, 11) is 0. The number of carboxylic acids is 1. The molecular weight excluding hydrogens is 336 g/mol. The average Bonchev–Trinajstić information content (AvgIpc) is 3.17. The minimum atomic E-state index is -1.15. The molecule has 2 amide bonds. The maximum Gasteiger partial charge on any atom is 0.337 e. The van der Waals surface area contributed by atoms with Crippen molar-refractivity contribution in [3.8, 4) is 0 Å². The van der Waals surface area contributed by atoms with Crippen LogP contribution in [0.15, 0.2) is 71.3 Å². The molecule has 0 aliphatic rings. The van der Waals surface area contributed by atoms with Gasteiger partial charge in [-0.15, -0.1) is 0 Å². The summed E-state index contributed by atoms with van der Waals surface area (Å²) >= 11 is 0. The van der Waals surface area contributed by atoms with E-state index in [4.69, 9.17) is 4.42 Å². The van der Waals surface area contributed by atoms with Gasteiger partial charge in [0.15, 0.2) is 5.76 Å². The van der Waals surface area contributed by atoms with Crippen molar-refractivity contribution in [3.63, 3.8) is 0 Å². The zero-order valence-electron chi connectivity index (χ0n) is 13.4. The van der Waals surface area contributed by atoms with Crippen LogP contribution in [0.5, 0.6) is 0 Å². The molecule has 0 bridgehead atoms. The number of anilines is 2. The molecule has 3 N–H and O–H groups in total. The molecule has 1 aromatic heterocycles. The first-order valence-electron chi connectivity index (χ1n) is 7.64. The minimum Gasteiger partial charge on any atom is -0.478 e. The third-order valence-electron chi connectivity index (χ3n) is 3.57. The second-order valence-corrected chi connectivity index (χ2v) is 5.28. The number of para-hydroxylation sites is 2. The first-order valence-corrected chi connectivity index (χ1v) is 7.64. The number of hydrogen-bond acceptors (Lipinski definition) is 4. The van der Waals surface area contributed by atoms with Crippen molar-refractivity contribution in [3.05, 3.63) is 83.8 Å². The Hall–Kier alpha value is -3.87. The Morgan fingerprint density at radius 2 is 1.31 bits per heavy atom. The molecule has 2 aromatic carbocycles. The molecule has 0 saturated carbocycles. The van der Waals surface area contributed by atoms with Crippen LogP contribution in [0.25, 0.3) is 0 Å². The molecule has 3 rings (SSSR count). The molecule has 0 aliphatic heterocycles. The Kier molecular flexibility index (Phi) is 4.80. The Bertz CT molecular complexity index is 964. The Labute approximate surface area is 148 Å². The van der Waals surface area contributed by atoms with Crippen LogP contribution >= 0.6 is 0 Å². The number of nitrogens with one attached hydrogen (secondary N) is 2. The van der Waals surface area contributed by atoms with Crippen LogP contribution in [-0.4, -0.2) is 22.9 Å². The van der Waals surface area contributed by atoms with Crippen molar-refractivity contribution in [2.75, 3.05) is 10.6 Å². The quantitative estimate of drug-likeness (QED) is 0.653. The first-order chi connectivity index (χ1) is 12.6. The van der Waals surface area contributed by atoms with Crippen LogP contribution in [-0.2, 0) is 0 Å². The number of rotatable bonds is 5. The van der Waals surface area contributed by atoms with Crippen LogP contribution in [0, 0.1) is 0 Å². The number of amides is 2. The first kappa shape index (κ1) is 17.0. The highest BCUT2D eigenvalue weighted by atomic mass is 16.4. The van der Waals surface area contributed by atoms with E-state index in [1.165, 1.54) is 30.5 Å². The van der Waals surface area contributed by atoms with Crippen LogP contribution in [0.2, 0.25) is 0 Å². The average molecular weight is 350 g/mol. The summed E-state index contributed by atoms with van der Waals surface area (Å²) < 4.78 is 5.03. The SMILES string of the molecule is O=C(Nc1ccccc1C(=O)Nc1ccccc1C(=O)O)c1ccco1. The van der Waals surface area contributed by atoms with Gasteiger partial charge in [-0.05, 0) is 36.4 Å². The van der Waals surface area contributed by atoms with Gasteiger partial charge >= 0.3 is 5.97 Å². The Morgan fingerprint density at radius 1 is 0.731 bits per heavy atom. The third kappa shape index (κ3) is 3.62. The molecule has 0 saturated heterocycles. The van der Waals surface area contributed by atoms with Gasteiger partial charge in [-0.25, -0.2) is 4.79 Å². The Morgan fingerprint density at radius 3 is 1.92 bits per heavy atom. The molecule has 3 aromatic rings. The highest BCUT2D eigenvalue weighted by Gasteiger charge is 2.17. The van der Waals surface area contributed by atoms with Gasteiger partial charge in [-0.3, -0.25) is 9.59 Å². The maximum atomic E-state index is 12.6. The monoisotopic (exact) mass is 350 g/mol. The number of furan rings is 1. The van der Waals surface area contributed by atoms with Crippen molar-refractivity contribution in [2.24, 2.45) is 0 Å². The summed E-state index contributed by atoms with van der Waals surface area (Å²) in [6, 6.07) is 15.5. The van der Waals surface area contributed by atoms with E-state index in [0.29, 0.717) is 0 Å². The fourth-order valence-corrected chi connectivity index (χ4v) is 2.35. The van der Waals surface area contributed by atoms with Crippen LogP contribution < -0.4 is 10.6 Å². The second-order valence-electron chi connectivity index (χ2n) is 5.28. The summed E-state index contributed by atoms with van der Waals surface area (Å²) in [5.74, 6) is -2.09. The number of aromatic carboxylic acids is 1. The number of carbonyl (C=O) groups excluding carboxylic acids is 2. The zero-order valence-corrected chi connectivity index (χ0v) is 13.4. The molecule has 0 atom stereocenters. The van der Waals surface area contributed by atoms with Gasteiger partial charge in [0, 0.05) is 0 Å². The molecule has 0 fully saturated rings. The van der Waals surface area contributed by atoms with Crippen molar-refractivity contribution < 1.29 is 23.9 Å². The van der Waals surface area contributed by atoms with Gasteiger partial charge in [-0.1, -0.05) is 24.3 Å². The summed E-state index contributed by atoms with van der Waals surface area (Å²) in [5, 5.41) is 14.4. The lowest BCUT2D eigenvalue weighted by atomic mass is 10.1. The molecule has 26 heavy (non-hydrogen) atoms. The predicted molar refractivity (Wildman–Crippen MR) is 94.5 cm³/mol. The van der Waals surface area contributed by atoms with Crippen LogP contribution in [0.3, 0.4) is 0 Å². The predicted octanol–water partition coefficient (Wildman–Crippen LogP) is 3.48. The van der Waals surface area contributed by atoms with Gasteiger partial charge in [0.1, 0.15) is 0 Å². The lowest BCUT2D eigenvalue weighted by molar-refractivity contribution is 0.0697. The number of carboxylic acid groups (broad SMARTS) is 1. The highest BCUT2D eigenvalue weighted by molar-refractivity contribution is 6.13. The van der Waals surface area contributed by atoms with E-state index in [1.807, 2.05) is 0 Å². The summed E-state index contributed by atoms with van der Waals surface area (Å²) in [6.45, 7) is 0. The fraction of sp³-hybridized carbons (Fsp3) is 0. The Balaban J connectivity index is 1.85. The van der Waals surface area contributed by atoms with E-state index in [0.717, 1.165) is 0 Å². The second kappa shape index (κ2) is 7.35. The number of benzene rings is 2. The lowest BCUT2D eigenvalue weighted by Gasteiger charge is -2.12. The van der Waals surface area contributed by atoms with Crippen LogP contribution in [0.1, 0.15) is 31.3 Å². The van der Waals surface area contributed by atoms with Gasteiger partial charge in [0.25, 0.3) is 11.8 Å². The molecule has 0 unspecified atom stereocenters. The summed E-state index contributed by atoms with van der Waals surface area (Å²) in [5.41, 5.74) is 0.599. The van der Waals surface area contributed by atoms with E-state index >= 15 is 0 Å². The maximum absolute atomic E-state index is 12.6. The van der Waals surface area contributed by atoms with E-state index in [1.54, 1.807) is 36.4 Å². The summed E-state index contributed by atoms with van der Waals surface area (Å²) in [6.07, 6.45) is 1.37. The van der Waals surface area contributed by atoms with Crippen LogP contribution in [0.4, 0.5) is 11.4 Å². The molecule has 7 nitrogen and oxygen atoms in total. The van der Waals surface area contributed by atoms with E-state index < -0.39 is 17.8 Å². The van der Waals surface area contributed by atoms with Gasteiger partial charge in [0.05, 0.1) is 28.8 Å². The van der Waals surface area contributed by atoms with Crippen molar-refractivity contribution >= 4 is 29.2 Å². The summed E-state index contributed by atoms with van der Waals surface area (Å²) in [4.78, 5) is 36.0. The minimum absolute atomic E-state index is 0.0297. The standard InChI is InChI=1S/C19H14N2O5/c22-17(20-15-9-4-2-7-13(15)19(24)25)12-6-1-3-8-14(12)21-18(23)16-10-5-11-26-16/h1-11H,(H,20,22)(H,21,23)(H,24,25). The molecule has 0 aliphatic carbocycles. The van der Waals surface area contributed by atoms with E-state index in [-0.39, 0.29) is 28.3 Å². The lowest BCUT2D eigenvalue weighted by Crippen LogP contribution is -2.19. The normalized spacial score (nSPS) is 10.2. The van der Waals surface area contributed by atoms with E-state index in [9.17, 15) is 19.5 Å².